The van der Waals surface area contributed by atoms with Crippen LogP contribution in [0.1, 0.15) is 29.5 Å². The standard InChI is InChI=1S/C24H28ClN3O3/c1-17-2-4-20(15-21(17)25)27-12-10-26(11-13-27)16-18-3-5-22-19(14-18)8-9-28(22)23(29)6-7-24(30)31/h2-5,14-15H,6-13,16H2,1H3,(H,30,31). The number of piperazine rings is 1. The van der Waals surface area contributed by atoms with E-state index in [-0.39, 0.29) is 18.7 Å². The van der Waals surface area contributed by atoms with Crippen molar-refractivity contribution >= 4 is 34.9 Å². The highest BCUT2D eigenvalue weighted by Crippen LogP contribution is 2.30. The molecule has 7 heteroatoms. The molecule has 1 N–H and O–H groups in total. The summed E-state index contributed by atoms with van der Waals surface area (Å²) in [5.74, 6) is -1.05. The fourth-order valence-electron chi connectivity index (χ4n) is 4.36. The molecule has 0 aromatic heterocycles. The van der Waals surface area contributed by atoms with Crippen molar-refractivity contribution in [2.45, 2.75) is 32.7 Å². The Bertz CT molecular complexity index is 986. The van der Waals surface area contributed by atoms with Crippen molar-refractivity contribution in [2.75, 3.05) is 42.5 Å². The molecule has 1 amide bonds. The summed E-state index contributed by atoms with van der Waals surface area (Å²) in [5, 5.41) is 9.63. The summed E-state index contributed by atoms with van der Waals surface area (Å²) in [6.45, 7) is 7.46. The maximum absolute atomic E-state index is 12.3. The molecule has 2 heterocycles. The van der Waals surface area contributed by atoms with E-state index in [1.807, 2.05) is 13.0 Å². The van der Waals surface area contributed by atoms with E-state index in [0.29, 0.717) is 6.54 Å². The second-order valence-corrected chi connectivity index (χ2v) is 8.76. The Morgan fingerprint density at radius 3 is 2.48 bits per heavy atom. The highest BCUT2D eigenvalue weighted by molar-refractivity contribution is 6.31. The van der Waals surface area contributed by atoms with Gasteiger partial charge in [0, 0.05) is 62.1 Å². The zero-order chi connectivity index (χ0) is 22.0. The third-order valence-corrected chi connectivity index (χ3v) is 6.60. The van der Waals surface area contributed by atoms with Crippen molar-refractivity contribution in [1.82, 2.24) is 4.90 Å². The van der Waals surface area contributed by atoms with Crippen molar-refractivity contribution in [1.29, 1.82) is 0 Å². The fourth-order valence-corrected chi connectivity index (χ4v) is 4.54. The van der Waals surface area contributed by atoms with Crippen LogP contribution in [0.2, 0.25) is 5.02 Å². The van der Waals surface area contributed by atoms with Crippen LogP contribution in [0.5, 0.6) is 0 Å². The monoisotopic (exact) mass is 441 g/mol. The Morgan fingerprint density at radius 2 is 1.77 bits per heavy atom. The first-order valence-electron chi connectivity index (χ1n) is 10.8. The van der Waals surface area contributed by atoms with Gasteiger partial charge in [0.1, 0.15) is 0 Å². The minimum absolute atomic E-state index is 0.0486. The molecule has 1 fully saturated rings. The first kappa shape index (κ1) is 21.7. The van der Waals surface area contributed by atoms with Crippen molar-refractivity contribution in [3.05, 3.63) is 58.1 Å². The number of carbonyl (C=O) groups is 2. The van der Waals surface area contributed by atoms with Gasteiger partial charge in [-0.1, -0.05) is 29.8 Å². The minimum Gasteiger partial charge on any atom is -0.481 e. The van der Waals surface area contributed by atoms with Crippen molar-refractivity contribution in [2.24, 2.45) is 0 Å². The summed E-state index contributed by atoms with van der Waals surface area (Å²) in [7, 11) is 0. The van der Waals surface area contributed by atoms with Gasteiger partial charge in [0.25, 0.3) is 0 Å². The number of aryl methyl sites for hydroxylation is 1. The number of halogens is 1. The van der Waals surface area contributed by atoms with E-state index >= 15 is 0 Å². The Labute approximate surface area is 188 Å². The normalized spacial score (nSPS) is 16.5. The second-order valence-electron chi connectivity index (χ2n) is 8.35. The van der Waals surface area contributed by atoms with Crippen molar-refractivity contribution < 1.29 is 14.7 Å². The first-order chi connectivity index (χ1) is 14.9. The summed E-state index contributed by atoms with van der Waals surface area (Å²) in [6.07, 6.45) is 0.750. The molecule has 0 unspecified atom stereocenters. The Morgan fingerprint density at radius 1 is 1.00 bits per heavy atom. The number of nitrogens with zero attached hydrogens (tertiary/aromatic N) is 3. The number of aliphatic carboxylic acids is 1. The van der Waals surface area contributed by atoms with E-state index in [1.54, 1.807) is 4.90 Å². The van der Waals surface area contributed by atoms with Crippen LogP contribution in [-0.2, 0) is 22.6 Å². The van der Waals surface area contributed by atoms with Crippen LogP contribution in [0.25, 0.3) is 0 Å². The Balaban J connectivity index is 1.33. The largest absolute Gasteiger partial charge is 0.481 e. The number of hydrogen-bond donors (Lipinski definition) is 1. The van der Waals surface area contributed by atoms with Gasteiger partial charge in [-0.15, -0.1) is 0 Å². The van der Waals surface area contributed by atoms with Crippen LogP contribution in [0.4, 0.5) is 11.4 Å². The highest BCUT2D eigenvalue weighted by atomic mass is 35.5. The maximum atomic E-state index is 12.3. The molecular weight excluding hydrogens is 414 g/mol. The van der Waals surface area contributed by atoms with Crippen LogP contribution >= 0.6 is 11.6 Å². The van der Waals surface area contributed by atoms with Crippen LogP contribution < -0.4 is 9.80 Å². The van der Waals surface area contributed by atoms with Gasteiger partial charge in [0.15, 0.2) is 0 Å². The van der Waals surface area contributed by atoms with Gasteiger partial charge in [-0.2, -0.15) is 0 Å². The molecule has 2 aliphatic rings. The molecule has 0 atom stereocenters. The van der Waals surface area contributed by atoms with E-state index in [2.05, 4.69) is 40.1 Å². The van der Waals surface area contributed by atoms with Crippen molar-refractivity contribution in [3.8, 4) is 0 Å². The highest BCUT2D eigenvalue weighted by Gasteiger charge is 2.25. The lowest BCUT2D eigenvalue weighted by atomic mass is 10.1. The smallest absolute Gasteiger partial charge is 0.303 e. The third-order valence-electron chi connectivity index (χ3n) is 6.19. The number of amides is 1. The van der Waals surface area contributed by atoms with E-state index in [9.17, 15) is 9.59 Å². The molecule has 2 aromatic rings. The lowest BCUT2D eigenvalue weighted by Crippen LogP contribution is -2.46. The lowest BCUT2D eigenvalue weighted by Gasteiger charge is -2.36. The maximum Gasteiger partial charge on any atom is 0.303 e. The Kier molecular flexibility index (Phi) is 6.49. The van der Waals surface area contributed by atoms with Gasteiger partial charge >= 0.3 is 5.97 Å². The summed E-state index contributed by atoms with van der Waals surface area (Å²) in [5.41, 5.74) is 5.64. The number of fused-ring (bicyclic) bond motifs is 1. The average Bonchev–Trinajstić information content (AvgIpc) is 3.18. The number of carbonyl (C=O) groups excluding carboxylic acids is 1. The molecule has 4 rings (SSSR count). The molecule has 31 heavy (non-hydrogen) atoms. The molecule has 0 bridgehead atoms. The van der Waals surface area contributed by atoms with Crippen LogP contribution in [-0.4, -0.2) is 54.6 Å². The molecule has 0 aliphatic carbocycles. The summed E-state index contributed by atoms with van der Waals surface area (Å²) in [4.78, 5) is 29.7. The summed E-state index contributed by atoms with van der Waals surface area (Å²) < 4.78 is 0. The van der Waals surface area contributed by atoms with Gasteiger partial charge in [-0.05, 0) is 48.2 Å². The zero-order valence-electron chi connectivity index (χ0n) is 17.8. The molecule has 1 saturated heterocycles. The average molecular weight is 442 g/mol. The molecule has 164 valence electrons. The number of benzene rings is 2. The van der Waals surface area contributed by atoms with E-state index in [0.717, 1.165) is 55.4 Å². The molecule has 0 spiro atoms. The van der Waals surface area contributed by atoms with Crippen molar-refractivity contribution in [3.63, 3.8) is 0 Å². The minimum atomic E-state index is -0.936. The van der Waals surface area contributed by atoms with Crippen LogP contribution in [0.3, 0.4) is 0 Å². The predicted molar refractivity (Wildman–Crippen MR) is 123 cm³/mol. The van der Waals surface area contributed by atoms with Gasteiger partial charge in [-0.3, -0.25) is 14.5 Å². The lowest BCUT2D eigenvalue weighted by molar-refractivity contribution is -0.138. The fraction of sp³-hybridized carbons (Fsp3) is 0.417. The number of carboxylic acids is 1. The van der Waals surface area contributed by atoms with Gasteiger partial charge in [0.05, 0.1) is 6.42 Å². The quantitative estimate of drug-likeness (QED) is 0.740. The number of anilines is 2. The molecular formula is C24H28ClN3O3. The number of rotatable bonds is 6. The van der Waals surface area contributed by atoms with Gasteiger partial charge in [-0.25, -0.2) is 0 Å². The molecule has 0 radical (unpaired) electrons. The van der Waals surface area contributed by atoms with Crippen LogP contribution in [0.15, 0.2) is 36.4 Å². The number of carboxylic acid groups (broad SMARTS) is 1. The van der Waals surface area contributed by atoms with Gasteiger partial charge in [0.2, 0.25) is 5.91 Å². The topological polar surface area (TPSA) is 64.1 Å². The Hall–Kier alpha value is -2.57. The molecule has 2 aromatic carbocycles. The third kappa shape index (κ3) is 5.02. The molecule has 0 saturated carbocycles. The van der Waals surface area contributed by atoms with Gasteiger partial charge < -0.3 is 14.9 Å². The molecule has 6 nitrogen and oxygen atoms in total. The summed E-state index contributed by atoms with van der Waals surface area (Å²) >= 11 is 6.29. The van der Waals surface area contributed by atoms with Crippen LogP contribution in [0, 0.1) is 6.92 Å². The van der Waals surface area contributed by atoms with E-state index < -0.39 is 5.97 Å². The predicted octanol–water partition coefficient (Wildman–Crippen LogP) is 3.72. The first-order valence-corrected chi connectivity index (χ1v) is 11.2. The summed E-state index contributed by atoms with van der Waals surface area (Å²) in [6, 6.07) is 12.6. The number of hydrogen-bond acceptors (Lipinski definition) is 4. The van der Waals surface area contributed by atoms with E-state index in [1.165, 1.54) is 16.8 Å². The second kappa shape index (κ2) is 9.28. The zero-order valence-corrected chi connectivity index (χ0v) is 18.6. The van der Waals surface area contributed by atoms with E-state index in [4.69, 9.17) is 16.7 Å². The SMILES string of the molecule is Cc1ccc(N2CCN(Cc3ccc4c(c3)CCN4C(=O)CCC(=O)O)CC2)cc1Cl. The molecule has 2 aliphatic heterocycles.